The molecule has 0 amide bonds. The third-order valence-corrected chi connectivity index (χ3v) is 3.12. The number of carbonyl (C=O) groups excluding carboxylic acids is 1. The summed E-state index contributed by atoms with van der Waals surface area (Å²) in [6.45, 7) is 0.434. The highest BCUT2D eigenvalue weighted by Gasteiger charge is 2.02. The zero-order valence-corrected chi connectivity index (χ0v) is 12.2. The predicted molar refractivity (Wildman–Crippen MR) is 76.5 cm³/mol. The molecule has 1 aromatic carbocycles. The van der Waals surface area contributed by atoms with Crippen molar-refractivity contribution in [2.24, 2.45) is 0 Å². The van der Waals surface area contributed by atoms with Gasteiger partial charge in [-0.1, -0.05) is 18.9 Å². The van der Waals surface area contributed by atoms with Gasteiger partial charge in [0.1, 0.15) is 0 Å². The van der Waals surface area contributed by atoms with Crippen LogP contribution in [0.5, 0.6) is 5.75 Å². The van der Waals surface area contributed by atoms with Crippen LogP contribution in [0.25, 0.3) is 0 Å². The Labute approximate surface area is 123 Å². The number of esters is 1. The Morgan fingerprint density at radius 1 is 1.25 bits per heavy atom. The number of unbranched alkanes of at least 4 members (excludes halogenated alkanes) is 3. The zero-order valence-electron chi connectivity index (χ0n) is 11.4. The van der Waals surface area contributed by atoms with Crippen LogP contribution in [0.2, 0.25) is 0 Å². The molecule has 0 fully saturated rings. The molecule has 20 heavy (non-hydrogen) atoms. The Bertz CT molecular complexity index is 424. The molecule has 5 heteroatoms. The SMILES string of the molecule is O=C(CCCl)OCCCCCCc1ccc(O)c(F)c1. The summed E-state index contributed by atoms with van der Waals surface area (Å²) >= 11 is 5.41. The number of halogens is 2. The van der Waals surface area contributed by atoms with Gasteiger partial charge in [-0.25, -0.2) is 4.39 Å². The first-order chi connectivity index (χ1) is 9.63. The fourth-order valence-electron chi connectivity index (χ4n) is 1.83. The lowest BCUT2D eigenvalue weighted by molar-refractivity contribution is -0.143. The summed E-state index contributed by atoms with van der Waals surface area (Å²) in [5.41, 5.74) is 0.883. The van der Waals surface area contributed by atoms with Crippen LogP contribution in [0.3, 0.4) is 0 Å². The normalized spacial score (nSPS) is 10.5. The largest absolute Gasteiger partial charge is 0.505 e. The minimum Gasteiger partial charge on any atom is -0.505 e. The number of hydrogen-bond acceptors (Lipinski definition) is 3. The molecule has 0 aliphatic carbocycles. The molecule has 0 spiro atoms. The van der Waals surface area contributed by atoms with Crippen LogP contribution in [0.15, 0.2) is 18.2 Å². The van der Waals surface area contributed by atoms with E-state index in [-0.39, 0.29) is 18.1 Å². The van der Waals surface area contributed by atoms with Gasteiger partial charge in [0, 0.05) is 5.88 Å². The van der Waals surface area contributed by atoms with Gasteiger partial charge in [-0.15, -0.1) is 11.6 Å². The van der Waals surface area contributed by atoms with E-state index in [0.717, 1.165) is 37.7 Å². The third-order valence-electron chi connectivity index (χ3n) is 2.93. The summed E-state index contributed by atoms with van der Waals surface area (Å²) in [6.07, 6.45) is 4.78. The Morgan fingerprint density at radius 2 is 2.00 bits per heavy atom. The number of hydrogen-bond donors (Lipinski definition) is 1. The lowest BCUT2D eigenvalue weighted by atomic mass is 10.1. The van der Waals surface area contributed by atoms with Gasteiger partial charge in [-0.3, -0.25) is 4.79 Å². The maximum atomic E-state index is 13.1. The summed E-state index contributed by atoms with van der Waals surface area (Å²) in [5.74, 6) is -0.844. The number of aromatic hydroxyl groups is 1. The number of phenolic OH excluding ortho intramolecular Hbond substituents is 1. The van der Waals surface area contributed by atoms with Gasteiger partial charge in [0.2, 0.25) is 0 Å². The van der Waals surface area contributed by atoms with E-state index >= 15 is 0 Å². The minimum absolute atomic E-state index is 0.250. The average molecular weight is 303 g/mol. The van der Waals surface area contributed by atoms with Gasteiger partial charge in [-0.2, -0.15) is 0 Å². The molecule has 0 atom stereocenters. The second kappa shape index (κ2) is 9.59. The van der Waals surface area contributed by atoms with Crippen LogP contribution in [0, 0.1) is 5.82 Å². The molecule has 0 unspecified atom stereocenters. The van der Waals surface area contributed by atoms with Crippen molar-refractivity contribution in [2.75, 3.05) is 12.5 Å². The molecule has 0 heterocycles. The van der Waals surface area contributed by atoms with E-state index < -0.39 is 5.82 Å². The highest BCUT2D eigenvalue weighted by atomic mass is 35.5. The molecule has 1 N–H and O–H groups in total. The fourth-order valence-corrected chi connectivity index (χ4v) is 1.98. The molecule has 112 valence electrons. The van der Waals surface area contributed by atoms with Crippen LogP contribution in [0.4, 0.5) is 4.39 Å². The molecular weight excluding hydrogens is 283 g/mol. The number of alkyl halides is 1. The van der Waals surface area contributed by atoms with E-state index in [9.17, 15) is 9.18 Å². The van der Waals surface area contributed by atoms with Crippen molar-refractivity contribution in [3.63, 3.8) is 0 Å². The Morgan fingerprint density at radius 3 is 2.70 bits per heavy atom. The Kier molecular flexibility index (Phi) is 8.04. The molecule has 1 aromatic rings. The maximum Gasteiger partial charge on any atom is 0.306 e. The molecule has 0 aromatic heterocycles. The summed E-state index contributed by atoms with van der Waals surface area (Å²) in [4.78, 5) is 11.0. The zero-order chi connectivity index (χ0) is 14.8. The number of aryl methyl sites for hydroxylation is 1. The monoisotopic (exact) mass is 302 g/mol. The van der Waals surface area contributed by atoms with Crippen LogP contribution in [-0.4, -0.2) is 23.6 Å². The topological polar surface area (TPSA) is 46.5 Å². The van der Waals surface area contributed by atoms with Gasteiger partial charge >= 0.3 is 5.97 Å². The van der Waals surface area contributed by atoms with E-state index in [0.29, 0.717) is 12.5 Å². The number of phenols is 1. The van der Waals surface area contributed by atoms with Crippen molar-refractivity contribution in [1.29, 1.82) is 0 Å². The second-order valence-corrected chi connectivity index (χ2v) is 4.99. The summed E-state index contributed by atoms with van der Waals surface area (Å²) in [6, 6.07) is 4.47. The predicted octanol–water partition coefficient (Wildman–Crippen LogP) is 3.81. The van der Waals surface area contributed by atoms with E-state index in [4.69, 9.17) is 21.4 Å². The summed E-state index contributed by atoms with van der Waals surface area (Å²) in [7, 11) is 0. The van der Waals surface area contributed by atoms with Crippen LogP contribution >= 0.6 is 11.6 Å². The molecule has 0 saturated heterocycles. The molecule has 0 bridgehead atoms. The van der Waals surface area contributed by atoms with Gasteiger partial charge in [0.15, 0.2) is 11.6 Å². The lowest BCUT2D eigenvalue weighted by Gasteiger charge is -2.05. The molecule has 0 saturated carbocycles. The van der Waals surface area contributed by atoms with E-state index in [1.165, 1.54) is 12.1 Å². The van der Waals surface area contributed by atoms with Gasteiger partial charge < -0.3 is 9.84 Å². The first-order valence-electron chi connectivity index (χ1n) is 6.82. The van der Waals surface area contributed by atoms with Gasteiger partial charge in [0.05, 0.1) is 13.0 Å². The molecule has 3 nitrogen and oxygen atoms in total. The smallest absolute Gasteiger partial charge is 0.306 e. The third kappa shape index (κ3) is 6.75. The number of rotatable bonds is 9. The molecular formula is C15H20ClFO3. The van der Waals surface area contributed by atoms with E-state index in [2.05, 4.69) is 0 Å². The molecule has 0 aliphatic heterocycles. The maximum absolute atomic E-state index is 13.1. The van der Waals surface area contributed by atoms with Gasteiger partial charge in [-0.05, 0) is 37.0 Å². The number of ether oxygens (including phenoxy) is 1. The van der Waals surface area contributed by atoms with Crippen molar-refractivity contribution in [3.05, 3.63) is 29.6 Å². The average Bonchev–Trinajstić information content (AvgIpc) is 2.42. The molecule has 1 rings (SSSR count). The standard InChI is InChI=1S/C15H20ClFO3/c16-9-8-15(19)20-10-4-2-1-3-5-12-6-7-14(18)13(17)11-12/h6-7,11,18H,1-5,8-10H2. The second-order valence-electron chi connectivity index (χ2n) is 4.61. The van der Waals surface area contributed by atoms with Crippen molar-refractivity contribution in [3.8, 4) is 5.75 Å². The first-order valence-corrected chi connectivity index (χ1v) is 7.36. The van der Waals surface area contributed by atoms with Gasteiger partial charge in [0.25, 0.3) is 0 Å². The molecule has 0 aliphatic rings. The fraction of sp³-hybridized carbons (Fsp3) is 0.533. The van der Waals surface area contributed by atoms with Crippen LogP contribution in [0.1, 0.15) is 37.7 Å². The number of carbonyl (C=O) groups is 1. The highest BCUT2D eigenvalue weighted by molar-refractivity contribution is 6.18. The minimum atomic E-state index is -0.575. The van der Waals surface area contributed by atoms with Crippen molar-refractivity contribution < 1.29 is 19.0 Å². The van der Waals surface area contributed by atoms with Crippen molar-refractivity contribution in [2.45, 2.75) is 38.5 Å². The quantitative estimate of drug-likeness (QED) is 0.429. The first kappa shape index (κ1) is 16.8. The van der Waals surface area contributed by atoms with E-state index in [1.54, 1.807) is 6.07 Å². The Balaban J connectivity index is 2.04. The van der Waals surface area contributed by atoms with Crippen LogP contribution in [-0.2, 0) is 16.0 Å². The summed E-state index contributed by atoms with van der Waals surface area (Å²) < 4.78 is 18.1. The summed E-state index contributed by atoms with van der Waals surface area (Å²) in [5, 5.41) is 9.07. The lowest BCUT2D eigenvalue weighted by Crippen LogP contribution is -2.06. The van der Waals surface area contributed by atoms with E-state index in [1.807, 2.05) is 0 Å². The number of benzene rings is 1. The van der Waals surface area contributed by atoms with Crippen molar-refractivity contribution in [1.82, 2.24) is 0 Å². The highest BCUT2D eigenvalue weighted by Crippen LogP contribution is 2.17. The molecule has 0 radical (unpaired) electrons. The Hall–Kier alpha value is -1.29. The van der Waals surface area contributed by atoms with Crippen LogP contribution < -0.4 is 0 Å². The van der Waals surface area contributed by atoms with Crippen molar-refractivity contribution >= 4 is 17.6 Å².